The van der Waals surface area contributed by atoms with Crippen molar-refractivity contribution in [2.24, 2.45) is 0 Å². The van der Waals surface area contributed by atoms with Gasteiger partial charge in [0.15, 0.2) is 0 Å². The van der Waals surface area contributed by atoms with E-state index in [1.165, 1.54) is 7.11 Å². The van der Waals surface area contributed by atoms with Crippen LogP contribution in [0.2, 0.25) is 10.0 Å². The van der Waals surface area contributed by atoms with E-state index in [-0.39, 0.29) is 6.42 Å². The Morgan fingerprint density at radius 1 is 1.21 bits per heavy atom. The summed E-state index contributed by atoms with van der Waals surface area (Å²) in [5, 5.41) is 9.97. The van der Waals surface area contributed by atoms with Gasteiger partial charge in [0.1, 0.15) is 0 Å². The average molecular weight is 293 g/mol. The van der Waals surface area contributed by atoms with Crippen LogP contribution in [0.15, 0.2) is 30.3 Å². The van der Waals surface area contributed by atoms with Crippen LogP contribution in [0, 0.1) is 11.3 Å². The summed E-state index contributed by atoms with van der Waals surface area (Å²) in [6.45, 7) is 0. The third-order valence-electron chi connectivity index (χ3n) is 2.58. The number of benzene rings is 1. The van der Waals surface area contributed by atoms with E-state index in [0.29, 0.717) is 21.6 Å². The summed E-state index contributed by atoms with van der Waals surface area (Å²) in [5.74, 6) is 0.474. The second-order valence-corrected chi connectivity index (χ2v) is 4.71. The largest absolute Gasteiger partial charge is 0.481 e. The van der Waals surface area contributed by atoms with Gasteiger partial charge in [0.2, 0.25) is 5.88 Å². The molecule has 1 heterocycles. The van der Waals surface area contributed by atoms with Crippen LogP contribution < -0.4 is 4.74 Å². The number of halogens is 2. The topological polar surface area (TPSA) is 45.9 Å². The lowest BCUT2D eigenvalue weighted by atomic mass is 10.0. The van der Waals surface area contributed by atoms with Gasteiger partial charge in [-0.05, 0) is 29.8 Å². The molecule has 1 aromatic carbocycles. The van der Waals surface area contributed by atoms with Crippen LogP contribution in [0.4, 0.5) is 0 Å². The van der Waals surface area contributed by atoms with Crippen molar-refractivity contribution < 1.29 is 4.74 Å². The summed E-state index contributed by atoms with van der Waals surface area (Å²) in [5.41, 5.74) is 2.30. The number of hydrogen-bond acceptors (Lipinski definition) is 3. The summed E-state index contributed by atoms with van der Waals surface area (Å²) in [6.07, 6.45) is 0.191. The molecule has 0 saturated heterocycles. The maximum Gasteiger partial charge on any atom is 0.213 e. The number of methoxy groups -OCH3 is 1. The van der Waals surface area contributed by atoms with Crippen molar-refractivity contribution in [2.45, 2.75) is 6.42 Å². The Bertz CT molecular complexity index is 630. The van der Waals surface area contributed by atoms with Crippen LogP contribution in [-0.2, 0) is 6.42 Å². The highest BCUT2D eigenvalue weighted by atomic mass is 35.5. The molecule has 2 rings (SSSR count). The molecule has 0 bridgehead atoms. The van der Waals surface area contributed by atoms with Gasteiger partial charge >= 0.3 is 0 Å². The van der Waals surface area contributed by atoms with Gasteiger partial charge in [0.05, 0.1) is 25.3 Å². The van der Waals surface area contributed by atoms with Crippen LogP contribution in [-0.4, -0.2) is 12.1 Å². The van der Waals surface area contributed by atoms with E-state index >= 15 is 0 Å². The Morgan fingerprint density at radius 3 is 2.47 bits per heavy atom. The highest BCUT2D eigenvalue weighted by Gasteiger charge is 2.10. The molecule has 2 aromatic rings. The molecule has 0 radical (unpaired) electrons. The molecule has 0 spiro atoms. The standard InChI is InChI=1S/C14H10Cl2N2O/c1-19-14-3-2-12(13(18-14)4-5-17)9-6-10(15)8-11(16)7-9/h2-3,6-8H,4H2,1H3. The van der Waals surface area contributed by atoms with Crippen LogP contribution >= 0.6 is 23.2 Å². The smallest absolute Gasteiger partial charge is 0.213 e. The first kappa shape index (κ1) is 13.7. The van der Waals surface area contributed by atoms with E-state index < -0.39 is 0 Å². The minimum Gasteiger partial charge on any atom is -0.481 e. The predicted molar refractivity (Wildman–Crippen MR) is 75.6 cm³/mol. The van der Waals surface area contributed by atoms with Crippen molar-refractivity contribution in [3.8, 4) is 23.1 Å². The lowest BCUT2D eigenvalue weighted by Gasteiger charge is -2.09. The molecule has 0 atom stereocenters. The van der Waals surface area contributed by atoms with Gasteiger partial charge in [0.25, 0.3) is 0 Å². The summed E-state index contributed by atoms with van der Waals surface area (Å²) < 4.78 is 5.07. The van der Waals surface area contributed by atoms with Crippen molar-refractivity contribution in [1.29, 1.82) is 5.26 Å². The molecule has 0 saturated carbocycles. The molecule has 96 valence electrons. The van der Waals surface area contributed by atoms with E-state index in [0.717, 1.165) is 11.1 Å². The quantitative estimate of drug-likeness (QED) is 0.854. The minimum absolute atomic E-state index is 0.191. The van der Waals surface area contributed by atoms with Crippen LogP contribution in [0.1, 0.15) is 5.69 Å². The van der Waals surface area contributed by atoms with Gasteiger partial charge in [-0.25, -0.2) is 4.98 Å². The highest BCUT2D eigenvalue weighted by Crippen LogP contribution is 2.30. The minimum atomic E-state index is 0.191. The lowest BCUT2D eigenvalue weighted by Crippen LogP contribution is -1.96. The molecular weight excluding hydrogens is 283 g/mol. The molecule has 0 N–H and O–H groups in total. The number of ether oxygens (including phenoxy) is 1. The van der Waals surface area contributed by atoms with E-state index in [1.807, 2.05) is 6.07 Å². The van der Waals surface area contributed by atoms with Crippen molar-refractivity contribution in [3.05, 3.63) is 46.1 Å². The van der Waals surface area contributed by atoms with Crippen LogP contribution in [0.5, 0.6) is 5.88 Å². The van der Waals surface area contributed by atoms with Crippen LogP contribution in [0.25, 0.3) is 11.1 Å². The van der Waals surface area contributed by atoms with E-state index in [2.05, 4.69) is 11.1 Å². The predicted octanol–water partition coefficient (Wildman–Crippen LogP) is 4.13. The molecule has 0 aliphatic heterocycles. The number of hydrogen-bond donors (Lipinski definition) is 0. The van der Waals surface area contributed by atoms with E-state index in [4.69, 9.17) is 33.2 Å². The molecule has 1 aromatic heterocycles. The van der Waals surface area contributed by atoms with Crippen molar-refractivity contribution in [1.82, 2.24) is 4.98 Å². The Hall–Kier alpha value is -1.76. The molecule has 5 heteroatoms. The first-order valence-electron chi connectivity index (χ1n) is 5.51. The highest BCUT2D eigenvalue weighted by molar-refractivity contribution is 6.35. The molecule has 19 heavy (non-hydrogen) atoms. The van der Waals surface area contributed by atoms with E-state index in [1.54, 1.807) is 24.3 Å². The number of nitriles is 1. The fourth-order valence-electron chi connectivity index (χ4n) is 1.78. The maximum atomic E-state index is 8.88. The molecule has 0 unspecified atom stereocenters. The summed E-state index contributed by atoms with van der Waals surface area (Å²) in [6, 6.07) is 10.9. The van der Waals surface area contributed by atoms with Crippen molar-refractivity contribution in [2.75, 3.05) is 7.11 Å². The van der Waals surface area contributed by atoms with Gasteiger partial charge in [-0.2, -0.15) is 5.26 Å². The summed E-state index contributed by atoms with van der Waals surface area (Å²) >= 11 is 12.0. The Kier molecular flexibility index (Phi) is 4.26. The van der Waals surface area contributed by atoms with Crippen molar-refractivity contribution in [3.63, 3.8) is 0 Å². The second kappa shape index (κ2) is 5.92. The average Bonchev–Trinajstić information content (AvgIpc) is 2.37. The SMILES string of the molecule is COc1ccc(-c2cc(Cl)cc(Cl)c2)c(CC#N)n1. The number of aromatic nitrogens is 1. The van der Waals surface area contributed by atoms with Crippen LogP contribution in [0.3, 0.4) is 0 Å². The lowest BCUT2D eigenvalue weighted by molar-refractivity contribution is 0.397. The zero-order valence-electron chi connectivity index (χ0n) is 10.2. The van der Waals surface area contributed by atoms with Gasteiger partial charge in [-0.15, -0.1) is 0 Å². The van der Waals surface area contributed by atoms with Crippen molar-refractivity contribution >= 4 is 23.2 Å². The number of nitrogens with zero attached hydrogens (tertiary/aromatic N) is 2. The normalized spacial score (nSPS) is 10.0. The van der Waals surface area contributed by atoms with Gasteiger partial charge in [0, 0.05) is 21.7 Å². The third-order valence-corrected chi connectivity index (χ3v) is 3.01. The first-order valence-corrected chi connectivity index (χ1v) is 6.27. The molecule has 0 amide bonds. The molecule has 0 aliphatic carbocycles. The molecule has 0 aliphatic rings. The number of pyridine rings is 1. The Balaban J connectivity index is 2.57. The first-order chi connectivity index (χ1) is 9.13. The zero-order chi connectivity index (χ0) is 13.8. The molecular formula is C14H10Cl2N2O. The Labute approximate surface area is 121 Å². The van der Waals surface area contributed by atoms with Gasteiger partial charge in [-0.1, -0.05) is 23.2 Å². The molecule has 0 fully saturated rings. The monoisotopic (exact) mass is 292 g/mol. The van der Waals surface area contributed by atoms with Gasteiger partial charge in [-0.3, -0.25) is 0 Å². The van der Waals surface area contributed by atoms with Gasteiger partial charge < -0.3 is 4.74 Å². The second-order valence-electron chi connectivity index (χ2n) is 3.84. The Morgan fingerprint density at radius 2 is 1.89 bits per heavy atom. The third kappa shape index (κ3) is 3.17. The summed E-state index contributed by atoms with van der Waals surface area (Å²) in [4.78, 5) is 4.29. The maximum absolute atomic E-state index is 8.88. The fourth-order valence-corrected chi connectivity index (χ4v) is 2.30. The zero-order valence-corrected chi connectivity index (χ0v) is 11.7. The summed E-state index contributed by atoms with van der Waals surface area (Å²) in [7, 11) is 1.54. The van der Waals surface area contributed by atoms with E-state index in [9.17, 15) is 0 Å². The fraction of sp³-hybridized carbons (Fsp3) is 0.143. The molecule has 3 nitrogen and oxygen atoms in total. The number of rotatable bonds is 3.